The van der Waals surface area contributed by atoms with E-state index in [1.54, 1.807) is 0 Å². The van der Waals surface area contributed by atoms with E-state index in [0.717, 1.165) is 0 Å². The molecule has 0 unspecified atom stereocenters. The number of aromatic nitrogens is 1. The fourth-order valence-electron chi connectivity index (χ4n) is 11.0. The molecule has 13 rings (SSSR count). The van der Waals surface area contributed by atoms with Crippen LogP contribution in [0.3, 0.4) is 0 Å². The van der Waals surface area contributed by atoms with E-state index in [-0.39, 0.29) is 5.41 Å². The maximum absolute atomic E-state index is 2.49. The summed E-state index contributed by atoms with van der Waals surface area (Å²) in [7, 11) is 0. The molecule has 0 radical (unpaired) electrons. The van der Waals surface area contributed by atoms with Crippen LogP contribution in [0.25, 0.3) is 116 Å². The molecule has 0 bridgehead atoms. The summed E-state index contributed by atoms with van der Waals surface area (Å²) in [5, 5.41) is 7.55. The van der Waals surface area contributed by atoms with Gasteiger partial charge < -0.3 is 4.57 Å². The lowest BCUT2D eigenvalue weighted by Crippen LogP contribution is -2.15. The molecule has 1 heteroatoms. The zero-order valence-corrected chi connectivity index (χ0v) is 37.0. The van der Waals surface area contributed by atoms with Crippen LogP contribution in [0.2, 0.25) is 0 Å². The molecule has 0 amide bonds. The van der Waals surface area contributed by atoms with Crippen molar-refractivity contribution in [3.8, 4) is 72.4 Å². The second kappa shape index (κ2) is 14.9. The van der Waals surface area contributed by atoms with Crippen LogP contribution in [0, 0.1) is 0 Å². The first kappa shape index (κ1) is 38.2. The van der Waals surface area contributed by atoms with Gasteiger partial charge in [-0.3, -0.25) is 0 Å². The summed E-state index contributed by atoms with van der Waals surface area (Å²) in [6.45, 7) is 4.77. The predicted octanol–water partition coefficient (Wildman–Crippen LogP) is 17.7. The Labute approximate surface area is 385 Å². The molecular weight excluding hydrogens is 795 g/mol. The van der Waals surface area contributed by atoms with Gasteiger partial charge in [0.15, 0.2) is 0 Å². The van der Waals surface area contributed by atoms with Gasteiger partial charge in [-0.2, -0.15) is 0 Å². The van der Waals surface area contributed by atoms with Gasteiger partial charge in [0.2, 0.25) is 0 Å². The lowest BCUT2D eigenvalue weighted by Gasteiger charge is -2.23. The molecule has 310 valence electrons. The average molecular weight is 840 g/mol. The third kappa shape index (κ3) is 6.08. The minimum absolute atomic E-state index is 0.166. The molecule has 1 aliphatic rings. The average Bonchev–Trinajstić information content (AvgIpc) is 3.82. The van der Waals surface area contributed by atoms with Gasteiger partial charge in [0.05, 0.1) is 11.0 Å². The molecule has 0 aliphatic heterocycles. The summed E-state index contributed by atoms with van der Waals surface area (Å²) in [4.78, 5) is 0. The Hall–Kier alpha value is -8.26. The van der Waals surface area contributed by atoms with Crippen molar-refractivity contribution < 1.29 is 0 Å². The number of rotatable bonds is 6. The summed E-state index contributed by atoms with van der Waals surface area (Å²) in [5.41, 5.74) is 21.1. The highest BCUT2D eigenvalue weighted by Crippen LogP contribution is 2.51. The molecule has 12 aromatic rings. The normalized spacial score (nSPS) is 12.8. The van der Waals surface area contributed by atoms with Gasteiger partial charge in [0.25, 0.3) is 0 Å². The zero-order chi connectivity index (χ0) is 43.9. The highest BCUT2D eigenvalue weighted by molar-refractivity contribution is 6.12. The van der Waals surface area contributed by atoms with Crippen LogP contribution in [0.15, 0.2) is 237 Å². The van der Waals surface area contributed by atoms with E-state index in [1.807, 2.05) is 0 Å². The number of fused-ring (bicyclic) bond motifs is 8. The summed E-state index contributed by atoms with van der Waals surface area (Å²) in [6, 6.07) is 87.7. The van der Waals surface area contributed by atoms with E-state index < -0.39 is 0 Å². The van der Waals surface area contributed by atoms with Gasteiger partial charge >= 0.3 is 0 Å². The smallest absolute Gasteiger partial charge is 0.0541 e. The fourth-order valence-corrected chi connectivity index (χ4v) is 11.0. The van der Waals surface area contributed by atoms with Crippen molar-refractivity contribution in [1.29, 1.82) is 0 Å². The summed E-state index contributed by atoms with van der Waals surface area (Å²) in [6.07, 6.45) is 0. The molecule has 11 aromatic carbocycles. The molecule has 0 atom stereocenters. The second-order valence-electron chi connectivity index (χ2n) is 18.5. The third-order valence-electron chi connectivity index (χ3n) is 14.4. The van der Waals surface area contributed by atoms with Crippen molar-refractivity contribution in [2.24, 2.45) is 0 Å². The standard InChI is InChI=1S/C65H45N/c1-65(2)61-40-51(42-12-4-3-5-13-42)30-34-57(61)58-35-33-52(41-62(58)65)66-63-36-31-49(43-22-26-47(27-23-43)55-20-10-16-45-14-6-8-18-53(45)55)38-59(63)60-39-50(32-37-64(60)66)44-24-28-48(29-25-44)56-21-11-17-46-15-7-9-19-54(46)56/h3-41H,1-2H3. The Morgan fingerprint density at radius 1 is 0.273 bits per heavy atom. The number of benzene rings is 11. The third-order valence-corrected chi connectivity index (χ3v) is 14.4. The molecule has 0 saturated heterocycles. The molecule has 1 aromatic heterocycles. The lowest BCUT2D eigenvalue weighted by atomic mass is 9.81. The summed E-state index contributed by atoms with van der Waals surface area (Å²) in [5.74, 6) is 0. The Morgan fingerprint density at radius 2 is 0.682 bits per heavy atom. The maximum Gasteiger partial charge on any atom is 0.0541 e. The van der Waals surface area contributed by atoms with E-state index in [4.69, 9.17) is 0 Å². The fraction of sp³-hybridized carbons (Fsp3) is 0.0462. The Bertz CT molecular complexity index is 3680. The topological polar surface area (TPSA) is 4.93 Å². The minimum atomic E-state index is -0.166. The Kier molecular flexibility index (Phi) is 8.63. The van der Waals surface area contributed by atoms with Crippen LogP contribution in [-0.2, 0) is 5.41 Å². The molecular formula is C65H45N. The van der Waals surface area contributed by atoms with Crippen LogP contribution in [-0.4, -0.2) is 4.57 Å². The van der Waals surface area contributed by atoms with Crippen molar-refractivity contribution in [3.63, 3.8) is 0 Å². The first-order valence-corrected chi connectivity index (χ1v) is 23.1. The first-order valence-electron chi connectivity index (χ1n) is 23.1. The van der Waals surface area contributed by atoms with Crippen molar-refractivity contribution >= 4 is 43.4 Å². The molecule has 1 heterocycles. The van der Waals surface area contributed by atoms with E-state index >= 15 is 0 Å². The van der Waals surface area contributed by atoms with Crippen LogP contribution in [0.1, 0.15) is 25.0 Å². The molecule has 0 spiro atoms. The van der Waals surface area contributed by atoms with E-state index in [2.05, 4.69) is 255 Å². The molecule has 1 nitrogen and oxygen atoms in total. The number of hydrogen-bond acceptors (Lipinski definition) is 0. The van der Waals surface area contributed by atoms with Gasteiger partial charge in [-0.15, -0.1) is 0 Å². The SMILES string of the molecule is CC1(C)c2cc(-c3ccccc3)ccc2-c2ccc(-n3c4ccc(-c5ccc(-c6cccc7ccccc67)cc5)cc4c4cc(-c5ccc(-c6cccc7ccccc67)cc5)ccc43)cc21. The second-order valence-corrected chi connectivity index (χ2v) is 18.5. The van der Waals surface area contributed by atoms with Gasteiger partial charge in [-0.05, 0) is 142 Å². The van der Waals surface area contributed by atoms with Gasteiger partial charge in [0.1, 0.15) is 0 Å². The highest BCUT2D eigenvalue weighted by atomic mass is 15.0. The maximum atomic E-state index is 2.49. The number of nitrogens with zero attached hydrogens (tertiary/aromatic N) is 1. The Morgan fingerprint density at radius 3 is 1.24 bits per heavy atom. The molecule has 0 fully saturated rings. The minimum Gasteiger partial charge on any atom is -0.309 e. The van der Waals surface area contributed by atoms with E-state index in [9.17, 15) is 0 Å². The van der Waals surface area contributed by atoms with Gasteiger partial charge in [-0.1, -0.05) is 208 Å². The van der Waals surface area contributed by atoms with Crippen molar-refractivity contribution in [2.45, 2.75) is 19.3 Å². The molecule has 1 aliphatic carbocycles. The first-order chi connectivity index (χ1) is 32.5. The monoisotopic (exact) mass is 839 g/mol. The van der Waals surface area contributed by atoms with Crippen molar-refractivity contribution in [2.75, 3.05) is 0 Å². The van der Waals surface area contributed by atoms with Crippen LogP contribution in [0.5, 0.6) is 0 Å². The molecule has 0 saturated carbocycles. The van der Waals surface area contributed by atoms with E-state index in [1.165, 1.54) is 127 Å². The van der Waals surface area contributed by atoms with Crippen molar-refractivity contribution in [1.82, 2.24) is 4.57 Å². The zero-order valence-electron chi connectivity index (χ0n) is 37.0. The summed E-state index contributed by atoms with van der Waals surface area (Å²) >= 11 is 0. The largest absolute Gasteiger partial charge is 0.309 e. The van der Waals surface area contributed by atoms with E-state index in [0.29, 0.717) is 0 Å². The highest BCUT2D eigenvalue weighted by Gasteiger charge is 2.36. The van der Waals surface area contributed by atoms with Crippen LogP contribution in [0.4, 0.5) is 0 Å². The van der Waals surface area contributed by atoms with Crippen LogP contribution >= 0.6 is 0 Å². The van der Waals surface area contributed by atoms with Crippen molar-refractivity contribution in [3.05, 3.63) is 248 Å². The number of hydrogen-bond donors (Lipinski definition) is 0. The lowest BCUT2D eigenvalue weighted by molar-refractivity contribution is 0.660. The predicted molar refractivity (Wildman–Crippen MR) is 281 cm³/mol. The molecule has 66 heavy (non-hydrogen) atoms. The Balaban J connectivity index is 0.937. The van der Waals surface area contributed by atoms with Gasteiger partial charge in [-0.25, -0.2) is 0 Å². The summed E-state index contributed by atoms with van der Waals surface area (Å²) < 4.78 is 2.49. The molecule has 0 N–H and O–H groups in total. The van der Waals surface area contributed by atoms with Crippen LogP contribution < -0.4 is 0 Å². The quantitative estimate of drug-likeness (QED) is 0.157. The van der Waals surface area contributed by atoms with Gasteiger partial charge in [0, 0.05) is 21.9 Å².